The molecule has 1 aromatic carbocycles. The van der Waals surface area contributed by atoms with Gasteiger partial charge in [0.15, 0.2) is 0 Å². The molecule has 110 valence electrons. The SMILES string of the molecule is COc1ccccc1N1CCN(c2ncncc2I)CC1. The summed E-state index contributed by atoms with van der Waals surface area (Å²) >= 11 is 2.29. The number of aromatic nitrogens is 2. The van der Waals surface area contributed by atoms with E-state index in [1.807, 2.05) is 18.3 Å². The Balaban J connectivity index is 1.72. The number of methoxy groups -OCH3 is 1. The van der Waals surface area contributed by atoms with Crippen molar-refractivity contribution in [1.82, 2.24) is 9.97 Å². The number of halogens is 1. The van der Waals surface area contributed by atoms with Gasteiger partial charge in [-0.05, 0) is 34.7 Å². The monoisotopic (exact) mass is 396 g/mol. The van der Waals surface area contributed by atoms with Gasteiger partial charge in [0.2, 0.25) is 0 Å². The van der Waals surface area contributed by atoms with Crippen LogP contribution < -0.4 is 14.5 Å². The largest absolute Gasteiger partial charge is 0.495 e. The minimum atomic E-state index is 0.933. The summed E-state index contributed by atoms with van der Waals surface area (Å²) in [6.07, 6.45) is 3.47. The Morgan fingerprint density at radius 2 is 1.81 bits per heavy atom. The van der Waals surface area contributed by atoms with E-state index in [0.29, 0.717) is 0 Å². The van der Waals surface area contributed by atoms with E-state index in [1.165, 1.54) is 0 Å². The molecule has 0 bridgehead atoms. The Kier molecular flexibility index (Phi) is 4.42. The van der Waals surface area contributed by atoms with Crippen molar-refractivity contribution in [2.24, 2.45) is 0 Å². The van der Waals surface area contributed by atoms with Crippen LogP contribution in [0.15, 0.2) is 36.8 Å². The number of benzene rings is 1. The van der Waals surface area contributed by atoms with Crippen molar-refractivity contribution in [3.05, 3.63) is 40.4 Å². The fraction of sp³-hybridized carbons (Fsp3) is 0.333. The maximum atomic E-state index is 5.45. The molecule has 0 spiro atoms. The third-order valence-electron chi connectivity index (χ3n) is 3.65. The Hall–Kier alpha value is -1.57. The van der Waals surface area contributed by atoms with E-state index in [9.17, 15) is 0 Å². The van der Waals surface area contributed by atoms with E-state index in [1.54, 1.807) is 13.4 Å². The first-order valence-electron chi connectivity index (χ1n) is 6.88. The van der Waals surface area contributed by atoms with Crippen LogP contribution in [0.1, 0.15) is 0 Å². The molecule has 0 atom stereocenters. The zero-order valence-electron chi connectivity index (χ0n) is 11.9. The summed E-state index contributed by atoms with van der Waals surface area (Å²) in [7, 11) is 1.72. The number of ether oxygens (including phenoxy) is 1. The van der Waals surface area contributed by atoms with E-state index in [2.05, 4.69) is 54.5 Å². The van der Waals surface area contributed by atoms with Crippen molar-refractivity contribution in [3.8, 4) is 5.75 Å². The fourth-order valence-electron chi connectivity index (χ4n) is 2.59. The van der Waals surface area contributed by atoms with Crippen LogP contribution in [0.25, 0.3) is 0 Å². The number of para-hydroxylation sites is 2. The minimum Gasteiger partial charge on any atom is -0.495 e. The van der Waals surface area contributed by atoms with E-state index in [4.69, 9.17) is 4.74 Å². The van der Waals surface area contributed by atoms with Crippen LogP contribution in [0, 0.1) is 3.57 Å². The predicted molar refractivity (Wildman–Crippen MR) is 92.2 cm³/mol. The first-order valence-corrected chi connectivity index (χ1v) is 7.96. The Morgan fingerprint density at radius 1 is 1.10 bits per heavy atom. The normalized spacial score (nSPS) is 15.1. The van der Waals surface area contributed by atoms with Crippen molar-refractivity contribution in [1.29, 1.82) is 0 Å². The molecule has 1 fully saturated rings. The number of nitrogens with zero attached hydrogens (tertiary/aromatic N) is 4. The van der Waals surface area contributed by atoms with Gasteiger partial charge in [0.05, 0.1) is 16.4 Å². The smallest absolute Gasteiger partial charge is 0.145 e. The fourth-order valence-corrected chi connectivity index (χ4v) is 3.23. The van der Waals surface area contributed by atoms with Crippen LogP contribution >= 0.6 is 22.6 Å². The highest BCUT2D eigenvalue weighted by atomic mass is 127. The van der Waals surface area contributed by atoms with Gasteiger partial charge >= 0.3 is 0 Å². The highest BCUT2D eigenvalue weighted by Gasteiger charge is 2.21. The Morgan fingerprint density at radius 3 is 2.52 bits per heavy atom. The molecule has 0 saturated carbocycles. The molecule has 0 amide bonds. The Labute approximate surface area is 138 Å². The van der Waals surface area contributed by atoms with Crippen LogP contribution in [0.2, 0.25) is 0 Å². The number of piperazine rings is 1. The number of rotatable bonds is 3. The van der Waals surface area contributed by atoms with E-state index >= 15 is 0 Å². The topological polar surface area (TPSA) is 41.5 Å². The quantitative estimate of drug-likeness (QED) is 0.746. The number of hydrogen-bond donors (Lipinski definition) is 0. The molecule has 0 radical (unpaired) electrons. The highest BCUT2D eigenvalue weighted by Crippen LogP contribution is 2.29. The van der Waals surface area contributed by atoms with Gasteiger partial charge in [-0.1, -0.05) is 12.1 Å². The summed E-state index contributed by atoms with van der Waals surface area (Å²) in [6.45, 7) is 3.82. The minimum absolute atomic E-state index is 0.933. The van der Waals surface area contributed by atoms with Gasteiger partial charge in [0, 0.05) is 32.4 Å². The van der Waals surface area contributed by atoms with Crippen molar-refractivity contribution in [2.75, 3.05) is 43.1 Å². The molecule has 0 unspecified atom stereocenters. The molecule has 1 aliphatic heterocycles. The lowest BCUT2D eigenvalue weighted by atomic mass is 10.2. The third kappa shape index (κ3) is 3.04. The predicted octanol–water partition coefficient (Wildman–Crippen LogP) is 2.42. The maximum absolute atomic E-state index is 5.45. The van der Waals surface area contributed by atoms with E-state index < -0.39 is 0 Å². The second-order valence-corrected chi connectivity index (χ2v) is 6.00. The average Bonchev–Trinajstić information content (AvgIpc) is 2.55. The lowest BCUT2D eigenvalue weighted by Crippen LogP contribution is -2.47. The molecule has 1 aliphatic rings. The van der Waals surface area contributed by atoms with Gasteiger partial charge in [-0.15, -0.1) is 0 Å². The summed E-state index contributed by atoms with van der Waals surface area (Å²) in [5.41, 5.74) is 1.16. The molecule has 6 heteroatoms. The molecule has 1 saturated heterocycles. The van der Waals surface area contributed by atoms with Gasteiger partial charge in [0.25, 0.3) is 0 Å². The summed E-state index contributed by atoms with van der Waals surface area (Å²) in [5.74, 6) is 1.97. The van der Waals surface area contributed by atoms with Crippen LogP contribution in [0.5, 0.6) is 5.75 Å². The van der Waals surface area contributed by atoms with Crippen molar-refractivity contribution >= 4 is 34.1 Å². The van der Waals surface area contributed by atoms with Gasteiger partial charge in [-0.2, -0.15) is 0 Å². The summed E-state index contributed by atoms with van der Waals surface area (Å²) in [6, 6.07) is 8.18. The van der Waals surface area contributed by atoms with Crippen LogP contribution in [-0.4, -0.2) is 43.3 Å². The van der Waals surface area contributed by atoms with Crippen LogP contribution in [-0.2, 0) is 0 Å². The lowest BCUT2D eigenvalue weighted by Gasteiger charge is -2.37. The van der Waals surface area contributed by atoms with Crippen molar-refractivity contribution in [2.45, 2.75) is 0 Å². The zero-order valence-corrected chi connectivity index (χ0v) is 14.0. The second-order valence-electron chi connectivity index (χ2n) is 4.84. The summed E-state index contributed by atoms with van der Waals surface area (Å²) in [5, 5.41) is 0. The van der Waals surface area contributed by atoms with Gasteiger partial charge in [-0.25, -0.2) is 9.97 Å². The standard InChI is InChI=1S/C15H17IN4O/c1-21-14-5-3-2-4-13(14)19-6-8-20(9-7-19)15-12(16)10-17-11-18-15/h2-5,10-11H,6-9H2,1H3. The van der Waals surface area contributed by atoms with Gasteiger partial charge in [-0.3, -0.25) is 0 Å². The zero-order chi connectivity index (χ0) is 14.7. The highest BCUT2D eigenvalue weighted by molar-refractivity contribution is 14.1. The third-order valence-corrected chi connectivity index (χ3v) is 4.41. The first-order chi connectivity index (χ1) is 10.3. The second kappa shape index (κ2) is 6.46. The molecule has 21 heavy (non-hydrogen) atoms. The van der Waals surface area contributed by atoms with E-state index in [-0.39, 0.29) is 0 Å². The molecule has 1 aromatic heterocycles. The van der Waals surface area contributed by atoms with Gasteiger partial charge in [0.1, 0.15) is 17.9 Å². The van der Waals surface area contributed by atoms with Gasteiger partial charge < -0.3 is 14.5 Å². The number of anilines is 2. The van der Waals surface area contributed by atoms with Crippen molar-refractivity contribution in [3.63, 3.8) is 0 Å². The molecule has 2 heterocycles. The Bertz CT molecular complexity index is 614. The van der Waals surface area contributed by atoms with Crippen LogP contribution in [0.4, 0.5) is 11.5 Å². The molecular weight excluding hydrogens is 379 g/mol. The van der Waals surface area contributed by atoms with Crippen molar-refractivity contribution < 1.29 is 4.74 Å². The molecular formula is C15H17IN4O. The summed E-state index contributed by atoms with van der Waals surface area (Å²) < 4.78 is 6.55. The average molecular weight is 396 g/mol. The molecule has 2 aromatic rings. The molecule has 0 aliphatic carbocycles. The molecule has 0 N–H and O–H groups in total. The molecule has 5 nitrogen and oxygen atoms in total. The first kappa shape index (κ1) is 14.4. The van der Waals surface area contributed by atoms with E-state index in [0.717, 1.165) is 47.0 Å². The summed E-state index contributed by atoms with van der Waals surface area (Å²) in [4.78, 5) is 13.1. The lowest BCUT2D eigenvalue weighted by molar-refractivity contribution is 0.413. The maximum Gasteiger partial charge on any atom is 0.145 e. The van der Waals surface area contributed by atoms with Crippen LogP contribution in [0.3, 0.4) is 0 Å². The molecule has 3 rings (SSSR count). The number of hydrogen-bond acceptors (Lipinski definition) is 5.